The fourth-order valence-electron chi connectivity index (χ4n) is 1.40. The average molecular weight is 214 g/mol. The Kier molecular flexibility index (Phi) is 2.72. The van der Waals surface area contributed by atoms with Gasteiger partial charge in [-0.2, -0.15) is 10.2 Å². The molecule has 1 heterocycles. The van der Waals surface area contributed by atoms with E-state index in [1.807, 2.05) is 19.9 Å². The van der Waals surface area contributed by atoms with Crippen LogP contribution in [-0.2, 0) is 0 Å². The Morgan fingerprint density at radius 3 is 2.69 bits per heavy atom. The van der Waals surface area contributed by atoms with Crippen LogP contribution in [0.2, 0.25) is 0 Å². The predicted molar refractivity (Wildman–Crippen MR) is 60.8 cm³/mol. The molecule has 1 radical (unpaired) electrons. The van der Waals surface area contributed by atoms with Gasteiger partial charge in [0.1, 0.15) is 11.5 Å². The Hall–Kier alpha value is -2.10. The number of nitrogens with one attached hydrogen (secondary N) is 1. The zero-order valence-electron chi connectivity index (χ0n) is 9.19. The van der Waals surface area contributed by atoms with E-state index in [2.05, 4.69) is 10.2 Å². The Balaban J connectivity index is 2.27. The summed E-state index contributed by atoms with van der Waals surface area (Å²) in [7, 11) is 0. The Bertz CT molecular complexity index is 511. The SMILES string of the molecule is Cc1cc(Oc2ccc([NH])cc2C)cnn1. The number of rotatable bonds is 2. The van der Waals surface area contributed by atoms with Gasteiger partial charge in [-0.25, -0.2) is 0 Å². The van der Waals surface area contributed by atoms with E-state index in [-0.39, 0.29) is 0 Å². The third-order valence-corrected chi connectivity index (χ3v) is 2.15. The highest BCUT2D eigenvalue weighted by molar-refractivity contribution is 5.46. The van der Waals surface area contributed by atoms with Crippen molar-refractivity contribution in [1.29, 1.82) is 0 Å². The number of hydrogen-bond acceptors (Lipinski definition) is 3. The second kappa shape index (κ2) is 4.18. The maximum atomic E-state index is 7.47. The minimum atomic E-state index is 0.480. The van der Waals surface area contributed by atoms with Crippen LogP contribution >= 0.6 is 0 Å². The van der Waals surface area contributed by atoms with Crippen LogP contribution in [0.1, 0.15) is 11.3 Å². The van der Waals surface area contributed by atoms with Crippen molar-refractivity contribution < 1.29 is 4.74 Å². The third-order valence-electron chi connectivity index (χ3n) is 2.15. The Labute approximate surface area is 94.1 Å². The molecule has 1 N–H and O–H groups in total. The van der Waals surface area contributed by atoms with Crippen molar-refractivity contribution in [2.75, 3.05) is 0 Å². The van der Waals surface area contributed by atoms with E-state index in [4.69, 9.17) is 10.5 Å². The van der Waals surface area contributed by atoms with E-state index in [0.29, 0.717) is 11.4 Å². The standard InChI is InChI=1S/C12H12N3O/c1-8-5-10(13)3-4-12(8)16-11-6-9(2)15-14-7-11/h3-7,13H,1-2H3. The smallest absolute Gasteiger partial charge is 0.149 e. The summed E-state index contributed by atoms with van der Waals surface area (Å²) < 4.78 is 5.66. The third kappa shape index (κ3) is 2.28. The summed E-state index contributed by atoms with van der Waals surface area (Å²) in [5.41, 5.74) is 9.69. The van der Waals surface area contributed by atoms with E-state index < -0.39 is 0 Å². The summed E-state index contributed by atoms with van der Waals surface area (Å²) in [6.45, 7) is 3.77. The molecule has 0 fully saturated rings. The van der Waals surface area contributed by atoms with Gasteiger partial charge in [0, 0.05) is 6.07 Å². The molecule has 2 rings (SSSR count). The minimum Gasteiger partial charge on any atom is -0.455 e. The zero-order valence-corrected chi connectivity index (χ0v) is 9.19. The number of nitrogens with zero attached hydrogens (tertiary/aromatic N) is 2. The molecule has 1 aromatic carbocycles. The van der Waals surface area contributed by atoms with Gasteiger partial charge in [0.15, 0.2) is 0 Å². The van der Waals surface area contributed by atoms with Gasteiger partial charge in [0.25, 0.3) is 0 Å². The molecule has 81 valence electrons. The highest BCUT2D eigenvalue weighted by Gasteiger charge is 2.02. The van der Waals surface area contributed by atoms with Crippen molar-refractivity contribution in [3.05, 3.63) is 41.7 Å². The molecule has 0 bridgehead atoms. The Morgan fingerprint density at radius 1 is 1.19 bits per heavy atom. The maximum Gasteiger partial charge on any atom is 0.149 e. The summed E-state index contributed by atoms with van der Waals surface area (Å²) in [5, 5.41) is 7.67. The first-order valence-corrected chi connectivity index (χ1v) is 4.94. The minimum absolute atomic E-state index is 0.480. The molecule has 0 atom stereocenters. The van der Waals surface area contributed by atoms with Crippen LogP contribution in [0.3, 0.4) is 0 Å². The highest BCUT2D eigenvalue weighted by Crippen LogP contribution is 2.26. The van der Waals surface area contributed by atoms with E-state index in [1.165, 1.54) is 0 Å². The lowest BCUT2D eigenvalue weighted by Gasteiger charge is -2.08. The van der Waals surface area contributed by atoms with E-state index >= 15 is 0 Å². The normalized spacial score (nSPS) is 10.1. The summed E-state index contributed by atoms with van der Waals surface area (Å²) in [6, 6.07) is 7.06. The molecule has 0 amide bonds. The molecule has 4 heteroatoms. The molecule has 0 aliphatic carbocycles. The second-order valence-corrected chi connectivity index (χ2v) is 3.61. The van der Waals surface area contributed by atoms with Crippen molar-refractivity contribution >= 4 is 5.69 Å². The lowest BCUT2D eigenvalue weighted by molar-refractivity contribution is 0.474. The summed E-state index contributed by atoms with van der Waals surface area (Å²) in [5.74, 6) is 1.40. The molecule has 16 heavy (non-hydrogen) atoms. The Morgan fingerprint density at radius 2 is 2.00 bits per heavy atom. The number of ether oxygens (including phenoxy) is 1. The topological polar surface area (TPSA) is 58.8 Å². The second-order valence-electron chi connectivity index (χ2n) is 3.61. The first-order valence-electron chi connectivity index (χ1n) is 4.94. The molecular weight excluding hydrogens is 202 g/mol. The molecule has 2 aromatic rings. The molecule has 0 saturated carbocycles. The summed E-state index contributed by atoms with van der Waals surface area (Å²) in [4.78, 5) is 0. The lowest BCUT2D eigenvalue weighted by Crippen LogP contribution is -1.91. The average Bonchev–Trinajstić information content (AvgIpc) is 2.22. The van der Waals surface area contributed by atoms with Gasteiger partial charge < -0.3 is 10.5 Å². The van der Waals surface area contributed by atoms with E-state index in [0.717, 1.165) is 17.0 Å². The quantitative estimate of drug-likeness (QED) is 0.772. The zero-order chi connectivity index (χ0) is 11.5. The van der Waals surface area contributed by atoms with E-state index in [9.17, 15) is 0 Å². The first kappa shape index (κ1) is 10.4. The lowest BCUT2D eigenvalue weighted by atomic mass is 10.2. The molecule has 0 aliphatic heterocycles. The van der Waals surface area contributed by atoms with Crippen molar-refractivity contribution in [2.45, 2.75) is 13.8 Å². The predicted octanol–water partition coefficient (Wildman–Crippen LogP) is 2.80. The molecular formula is C12H12N3O. The fraction of sp³-hybridized carbons (Fsp3) is 0.167. The van der Waals surface area contributed by atoms with Gasteiger partial charge in [0.05, 0.1) is 17.6 Å². The van der Waals surface area contributed by atoms with Gasteiger partial charge in [-0.05, 0) is 37.6 Å². The molecule has 4 nitrogen and oxygen atoms in total. The molecule has 1 aromatic heterocycles. The van der Waals surface area contributed by atoms with E-state index in [1.54, 1.807) is 24.4 Å². The van der Waals surface area contributed by atoms with Crippen molar-refractivity contribution in [3.8, 4) is 11.5 Å². The van der Waals surface area contributed by atoms with Crippen LogP contribution in [0.5, 0.6) is 11.5 Å². The van der Waals surface area contributed by atoms with Crippen molar-refractivity contribution in [3.63, 3.8) is 0 Å². The number of benzene rings is 1. The number of aromatic nitrogens is 2. The molecule has 0 unspecified atom stereocenters. The van der Waals surface area contributed by atoms with Gasteiger partial charge in [-0.15, -0.1) is 0 Å². The number of hydrogen-bond donors (Lipinski definition) is 0. The summed E-state index contributed by atoms with van der Waals surface area (Å²) >= 11 is 0. The monoisotopic (exact) mass is 214 g/mol. The summed E-state index contributed by atoms with van der Waals surface area (Å²) in [6.07, 6.45) is 1.57. The largest absolute Gasteiger partial charge is 0.455 e. The van der Waals surface area contributed by atoms with Gasteiger partial charge in [0.2, 0.25) is 0 Å². The van der Waals surface area contributed by atoms with Crippen LogP contribution in [-0.4, -0.2) is 10.2 Å². The molecule has 0 spiro atoms. The van der Waals surface area contributed by atoms with Crippen molar-refractivity contribution in [2.24, 2.45) is 0 Å². The molecule has 0 aliphatic rings. The van der Waals surface area contributed by atoms with Crippen molar-refractivity contribution in [1.82, 2.24) is 15.9 Å². The highest BCUT2D eigenvalue weighted by atomic mass is 16.5. The van der Waals surface area contributed by atoms with Gasteiger partial charge in [-0.1, -0.05) is 0 Å². The van der Waals surface area contributed by atoms with Crippen LogP contribution in [0.25, 0.3) is 0 Å². The van der Waals surface area contributed by atoms with Crippen LogP contribution in [0.4, 0.5) is 5.69 Å². The van der Waals surface area contributed by atoms with Gasteiger partial charge in [-0.3, -0.25) is 0 Å². The fourth-order valence-corrected chi connectivity index (χ4v) is 1.40. The van der Waals surface area contributed by atoms with Crippen LogP contribution in [0.15, 0.2) is 30.5 Å². The van der Waals surface area contributed by atoms with Crippen LogP contribution in [0, 0.1) is 13.8 Å². The molecule has 0 saturated heterocycles. The number of aryl methyl sites for hydroxylation is 2. The van der Waals surface area contributed by atoms with Gasteiger partial charge >= 0.3 is 0 Å². The van der Waals surface area contributed by atoms with Crippen LogP contribution < -0.4 is 10.5 Å². The first-order chi connectivity index (χ1) is 7.65. The maximum absolute atomic E-state index is 7.47.